The van der Waals surface area contributed by atoms with Crippen molar-refractivity contribution in [1.29, 1.82) is 0 Å². The summed E-state index contributed by atoms with van der Waals surface area (Å²) in [6.07, 6.45) is 1.35. The number of carbonyl (C=O) groups is 2. The van der Waals surface area contributed by atoms with Crippen LogP contribution in [0.15, 0.2) is 66.4 Å². The van der Waals surface area contributed by atoms with E-state index < -0.39 is 17.7 Å². The van der Waals surface area contributed by atoms with E-state index in [-0.39, 0.29) is 5.57 Å². The highest BCUT2D eigenvalue weighted by Crippen LogP contribution is 2.24. The number of esters is 2. The van der Waals surface area contributed by atoms with E-state index in [0.29, 0.717) is 0 Å². The van der Waals surface area contributed by atoms with Crippen molar-refractivity contribution in [2.75, 3.05) is 11.9 Å². The lowest BCUT2D eigenvalue weighted by molar-refractivity contribution is -0.222. The van der Waals surface area contributed by atoms with Crippen molar-refractivity contribution in [3.63, 3.8) is 0 Å². The molecule has 0 unspecified atom stereocenters. The number of nitrogens with one attached hydrogen (secondary N) is 1. The minimum absolute atomic E-state index is 0.157. The van der Waals surface area contributed by atoms with E-state index in [0.717, 1.165) is 30.9 Å². The fourth-order valence-corrected chi connectivity index (χ4v) is 3.09. The Morgan fingerprint density at radius 2 is 1.55 bits per heavy atom. The molecule has 1 N–H and O–H groups in total. The van der Waals surface area contributed by atoms with Gasteiger partial charge >= 0.3 is 11.9 Å². The molecule has 6 heteroatoms. The van der Waals surface area contributed by atoms with Gasteiger partial charge in [-0.2, -0.15) is 0 Å². The quantitative estimate of drug-likeness (QED) is 0.437. The predicted molar refractivity (Wildman–Crippen MR) is 111 cm³/mol. The van der Waals surface area contributed by atoms with Gasteiger partial charge in [0.15, 0.2) is 5.57 Å². The van der Waals surface area contributed by atoms with E-state index in [2.05, 4.69) is 29.3 Å². The first-order valence-electron chi connectivity index (χ1n) is 9.65. The van der Waals surface area contributed by atoms with Crippen molar-refractivity contribution >= 4 is 17.6 Å². The van der Waals surface area contributed by atoms with Crippen LogP contribution in [0.5, 0.6) is 0 Å². The molecule has 0 aromatic heterocycles. The summed E-state index contributed by atoms with van der Waals surface area (Å²) >= 11 is 0. The summed E-state index contributed by atoms with van der Waals surface area (Å²) in [4.78, 5) is 26.5. The maximum Gasteiger partial charge on any atom is 0.350 e. The fourth-order valence-electron chi connectivity index (χ4n) is 3.09. The lowest BCUT2D eigenvalue weighted by Crippen LogP contribution is -2.42. The molecule has 152 valence electrons. The molecule has 0 spiro atoms. The van der Waals surface area contributed by atoms with E-state index in [1.54, 1.807) is 0 Å². The lowest BCUT2D eigenvalue weighted by atomic mass is 10.1. The van der Waals surface area contributed by atoms with Crippen LogP contribution in [0.4, 0.5) is 5.69 Å². The molecule has 1 heterocycles. The number of hydrogen-bond donors (Lipinski definition) is 1. The largest absolute Gasteiger partial charge is 0.419 e. The van der Waals surface area contributed by atoms with Crippen LogP contribution in [-0.2, 0) is 32.2 Å². The molecule has 0 atom stereocenters. The molecule has 0 amide bonds. The first-order chi connectivity index (χ1) is 13.9. The van der Waals surface area contributed by atoms with Crippen LogP contribution in [-0.4, -0.2) is 29.2 Å². The first kappa shape index (κ1) is 20.6. The van der Waals surface area contributed by atoms with E-state index in [9.17, 15) is 9.59 Å². The minimum Gasteiger partial charge on any atom is -0.419 e. The summed E-state index contributed by atoms with van der Waals surface area (Å²) in [5.41, 5.74) is 2.96. The molecule has 1 aliphatic heterocycles. The molecule has 0 radical (unpaired) electrons. The van der Waals surface area contributed by atoms with Crippen LogP contribution >= 0.6 is 0 Å². The fraction of sp³-hybridized carbons (Fsp3) is 0.304. The number of para-hydroxylation sites is 1. The Kier molecular flexibility index (Phi) is 6.34. The molecule has 1 fully saturated rings. The monoisotopic (exact) mass is 394 g/mol. The Morgan fingerprint density at radius 1 is 0.931 bits per heavy atom. The Bertz CT molecular complexity index is 884. The Morgan fingerprint density at radius 3 is 2.21 bits per heavy atom. The van der Waals surface area contributed by atoms with Gasteiger partial charge in [-0.1, -0.05) is 55.5 Å². The third kappa shape index (κ3) is 5.45. The van der Waals surface area contributed by atoms with Gasteiger partial charge in [0, 0.05) is 38.8 Å². The Hall–Kier alpha value is -3.12. The molecule has 0 saturated carbocycles. The normalized spacial score (nSPS) is 15.7. The summed E-state index contributed by atoms with van der Waals surface area (Å²) in [5, 5.41) is 3.07. The van der Waals surface area contributed by atoms with Crippen LogP contribution in [0.25, 0.3) is 0 Å². The number of carbonyl (C=O) groups excluding carboxylic acids is 2. The second kappa shape index (κ2) is 8.92. The molecule has 1 aliphatic rings. The van der Waals surface area contributed by atoms with E-state index in [1.165, 1.54) is 25.6 Å². The number of anilines is 1. The van der Waals surface area contributed by atoms with Crippen molar-refractivity contribution < 1.29 is 19.1 Å². The van der Waals surface area contributed by atoms with Gasteiger partial charge < -0.3 is 14.8 Å². The predicted octanol–water partition coefficient (Wildman–Crippen LogP) is 3.84. The summed E-state index contributed by atoms with van der Waals surface area (Å²) in [6.45, 7) is 7.61. The molecular weight excluding hydrogens is 368 g/mol. The number of hydrogen-bond acceptors (Lipinski definition) is 6. The lowest BCUT2D eigenvalue weighted by Gasteiger charge is -2.29. The van der Waals surface area contributed by atoms with Gasteiger partial charge in [0.2, 0.25) is 0 Å². The highest BCUT2D eigenvalue weighted by molar-refractivity contribution is 6.15. The van der Waals surface area contributed by atoms with Crippen LogP contribution in [0.2, 0.25) is 0 Å². The van der Waals surface area contributed by atoms with Crippen LogP contribution < -0.4 is 5.32 Å². The van der Waals surface area contributed by atoms with E-state index in [1.807, 2.05) is 42.5 Å². The van der Waals surface area contributed by atoms with Crippen LogP contribution in [0.3, 0.4) is 0 Å². The SMILES string of the molecule is CCN(Cc1ccccc1)Cc1ccccc1NC=C1C(=O)OC(C)(C)OC1=O. The maximum atomic E-state index is 12.1. The van der Waals surface area contributed by atoms with Crippen LogP contribution in [0.1, 0.15) is 31.9 Å². The number of benzene rings is 2. The number of nitrogens with zero attached hydrogens (tertiary/aromatic N) is 1. The second-order valence-corrected chi connectivity index (χ2v) is 7.33. The molecule has 3 rings (SSSR count). The Balaban J connectivity index is 1.73. The maximum absolute atomic E-state index is 12.1. The zero-order valence-electron chi connectivity index (χ0n) is 17.0. The zero-order valence-corrected chi connectivity index (χ0v) is 17.0. The highest BCUT2D eigenvalue weighted by atomic mass is 16.7. The molecule has 6 nitrogen and oxygen atoms in total. The first-order valence-corrected chi connectivity index (χ1v) is 9.65. The standard InChI is InChI=1S/C23H26N2O4/c1-4-25(15-17-10-6-5-7-11-17)16-18-12-8-9-13-20(18)24-14-19-21(26)28-23(2,3)29-22(19)27/h5-14,24H,4,15-16H2,1-3H3. The van der Waals surface area contributed by atoms with Crippen molar-refractivity contribution in [2.24, 2.45) is 0 Å². The minimum atomic E-state index is -1.25. The molecule has 0 bridgehead atoms. The summed E-state index contributed by atoms with van der Waals surface area (Å²) in [6, 6.07) is 18.1. The van der Waals surface area contributed by atoms with Gasteiger partial charge in [0.25, 0.3) is 5.79 Å². The molecule has 2 aromatic rings. The summed E-state index contributed by atoms with van der Waals surface area (Å²) in [7, 11) is 0. The summed E-state index contributed by atoms with van der Waals surface area (Å²) < 4.78 is 10.3. The Labute approximate surface area is 171 Å². The molecule has 1 saturated heterocycles. The molecular formula is C23H26N2O4. The van der Waals surface area contributed by atoms with Gasteiger partial charge in [-0.05, 0) is 23.7 Å². The third-order valence-corrected chi connectivity index (χ3v) is 4.60. The number of ether oxygens (including phenoxy) is 2. The summed E-state index contributed by atoms with van der Waals surface area (Å²) in [5.74, 6) is -2.64. The number of cyclic esters (lactones) is 2. The van der Waals surface area contributed by atoms with E-state index >= 15 is 0 Å². The van der Waals surface area contributed by atoms with Crippen molar-refractivity contribution in [1.82, 2.24) is 4.90 Å². The average Bonchev–Trinajstić information content (AvgIpc) is 2.68. The van der Waals surface area contributed by atoms with Gasteiger partial charge in [0.05, 0.1) is 0 Å². The average molecular weight is 394 g/mol. The van der Waals surface area contributed by atoms with Gasteiger partial charge in [0.1, 0.15) is 0 Å². The van der Waals surface area contributed by atoms with Crippen molar-refractivity contribution in [2.45, 2.75) is 39.6 Å². The molecule has 2 aromatic carbocycles. The topological polar surface area (TPSA) is 67.9 Å². The van der Waals surface area contributed by atoms with Crippen LogP contribution in [0, 0.1) is 0 Å². The molecule has 0 aliphatic carbocycles. The van der Waals surface area contributed by atoms with E-state index in [4.69, 9.17) is 9.47 Å². The second-order valence-electron chi connectivity index (χ2n) is 7.33. The van der Waals surface area contributed by atoms with Gasteiger partial charge in [-0.3, -0.25) is 4.90 Å². The highest BCUT2D eigenvalue weighted by Gasteiger charge is 2.38. The third-order valence-electron chi connectivity index (χ3n) is 4.60. The van der Waals surface area contributed by atoms with Gasteiger partial charge in [-0.15, -0.1) is 0 Å². The molecule has 29 heavy (non-hydrogen) atoms. The van der Waals surface area contributed by atoms with Gasteiger partial charge in [-0.25, -0.2) is 9.59 Å². The van der Waals surface area contributed by atoms with Crippen molar-refractivity contribution in [3.05, 3.63) is 77.5 Å². The number of rotatable bonds is 7. The van der Waals surface area contributed by atoms with Crippen molar-refractivity contribution in [3.8, 4) is 0 Å². The zero-order chi connectivity index (χ0) is 20.9. The smallest absolute Gasteiger partial charge is 0.350 e.